The maximum atomic E-state index is 12.0. The molecule has 10 N–H and O–H groups in total. The molecule has 0 radical (unpaired) electrons. The SMILES string of the molecule is CCC1(c2ccncc2)CCC(=O)NC1=O.CCCCCCCCCCCCCCC[C@H](O)[C@@H](N)CO.Nc1ncnc2c1ncn2[C@@H]1O[C@H](CO)[C@@H](O)[C@H]1O.[Cl-].[H+]. The number of fused-ring (bicyclic) bond motifs is 1. The molecule has 3 aromatic heterocycles. The van der Waals surface area contributed by atoms with Crippen LogP contribution in [0, 0.1) is 0 Å². The quantitative estimate of drug-likeness (QED) is 0.0569. The first-order chi connectivity index (χ1) is 27.0. The van der Waals surface area contributed by atoms with E-state index in [-0.39, 0.29) is 38.1 Å². The number of unbranched alkanes of at least 4 members (excludes halogenated alkanes) is 12. The van der Waals surface area contributed by atoms with E-state index in [0.29, 0.717) is 30.4 Å². The fourth-order valence-electron chi connectivity index (χ4n) is 7.11. The highest BCUT2D eigenvalue weighted by Gasteiger charge is 2.44. The number of imidazole rings is 1. The van der Waals surface area contributed by atoms with Gasteiger partial charge in [0, 0.05) is 18.8 Å². The summed E-state index contributed by atoms with van der Waals surface area (Å²) < 4.78 is 6.85. The molecule has 2 amide bonds. The predicted octanol–water partition coefficient (Wildman–Crippen LogP) is 0.451. The predicted molar refractivity (Wildman–Crippen MR) is 214 cm³/mol. The van der Waals surface area contributed by atoms with Gasteiger partial charge in [-0.3, -0.25) is 24.5 Å². The lowest BCUT2D eigenvalue weighted by atomic mass is 9.72. The molecule has 2 aliphatic heterocycles. The highest BCUT2D eigenvalue weighted by molar-refractivity contribution is 6.03. The van der Waals surface area contributed by atoms with E-state index in [2.05, 4.69) is 32.2 Å². The maximum absolute atomic E-state index is 12.0. The van der Waals surface area contributed by atoms with Crippen LogP contribution in [0.4, 0.5) is 5.82 Å². The number of nitrogen functional groups attached to an aromatic ring is 1. The number of nitrogens with zero attached hydrogens (tertiary/aromatic N) is 5. The van der Waals surface area contributed by atoms with Crippen molar-refractivity contribution in [3.05, 3.63) is 42.7 Å². The zero-order valence-electron chi connectivity index (χ0n) is 34.6. The topological polar surface area (TPSA) is 265 Å². The Labute approximate surface area is 344 Å². The Morgan fingerprint density at radius 2 is 1.53 bits per heavy atom. The van der Waals surface area contributed by atoms with Crippen LogP contribution < -0.4 is 29.2 Å². The molecule has 0 aliphatic carbocycles. The molecule has 57 heavy (non-hydrogen) atoms. The smallest absolute Gasteiger partial charge is 1.00 e. The summed E-state index contributed by atoms with van der Waals surface area (Å²) in [6, 6.07) is 3.22. The van der Waals surface area contributed by atoms with E-state index in [1.807, 2.05) is 19.1 Å². The Bertz CT molecular complexity index is 1580. The van der Waals surface area contributed by atoms with Crippen LogP contribution in [0.1, 0.15) is 136 Å². The van der Waals surface area contributed by atoms with Crippen LogP contribution in [-0.4, -0.2) is 106 Å². The van der Waals surface area contributed by atoms with Crippen molar-refractivity contribution in [2.45, 2.75) is 165 Å². The first kappa shape index (κ1) is 49.8. The summed E-state index contributed by atoms with van der Waals surface area (Å²) in [4.78, 5) is 39.0. The zero-order chi connectivity index (χ0) is 40.9. The molecule has 0 bridgehead atoms. The van der Waals surface area contributed by atoms with E-state index >= 15 is 0 Å². The van der Waals surface area contributed by atoms with Gasteiger partial charge in [-0.15, -0.1) is 0 Å². The van der Waals surface area contributed by atoms with Crippen molar-refractivity contribution >= 4 is 28.8 Å². The molecule has 0 spiro atoms. The van der Waals surface area contributed by atoms with E-state index in [1.54, 1.807) is 12.4 Å². The van der Waals surface area contributed by atoms with Crippen molar-refractivity contribution in [2.75, 3.05) is 18.9 Å². The van der Waals surface area contributed by atoms with Gasteiger partial charge in [0.25, 0.3) is 0 Å². The molecule has 3 aromatic rings. The molecular formula is C40H67ClN8O8. The molecule has 2 aliphatic rings. The van der Waals surface area contributed by atoms with E-state index in [1.165, 1.54) is 94.3 Å². The number of carbonyl (C=O) groups is 2. The maximum Gasteiger partial charge on any atom is 1.00 e. The first-order valence-corrected chi connectivity index (χ1v) is 20.4. The summed E-state index contributed by atoms with van der Waals surface area (Å²) in [6.45, 7) is 3.72. The molecule has 322 valence electrons. The molecule has 5 heterocycles. The molecule has 7 atom stereocenters. The highest BCUT2D eigenvalue weighted by atomic mass is 35.5. The highest BCUT2D eigenvalue weighted by Crippen LogP contribution is 2.35. The van der Waals surface area contributed by atoms with Crippen LogP contribution in [0.2, 0.25) is 0 Å². The monoisotopic (exact) mass is 822 g/mol. The minimum Gasteiger partial charge on any atom is -1.00 e. The number of halogens is 1. The number of amides is 2. The lowest BCUT2D eigenvalue weighted by Gasteiger charge is -2.34. The number of aromatic nitrogens is 5. The van der Waals surface area contributed by atoms with Crippen LogP contribution in [0.3, 0.4) is 0 Å². The lowest BCUT2D eigenvalue weighted by Crippen LogP contribution is -3.00. The lowest BCUT2D eigenvalue weighted by molar-refractivity contribution is -0.138. The van der Waals surface area contributed by atoms with E-state index < -0.39 is 48.7 Å². The number of aliphatic hydroxyl groups excluding tert-OH is 5. The summed E-state index contributed by atoms with van der Waals surface area (Å²) >= 11 is 0. The van der Waals surface area contributed by atoms with Crippen LogP contribution >= 0.6 is 0 Å². The van der Waals surface area contributed by atoms with Crippen molar-refractivity contribution in [3.8, 4) is 0 Å². The van der Waals surface area contributed by atoms with Crippen molar-refractivity contribution in [3.63, 3.8) is 0 Å². The van der Waals surface area contributed by atoms with Gasteiger partial charge in [0.2, 0.25) is 11.8 Å². The molecule has 2 saturated heterocycles. The van der Waals surface area contributed by atoms with E-state index in [9.17, 15) is 24.9 Å². The Morgan fingerprint density at radius 1 is 0.930 bits per heavy atom. The Kier molecular flexibility index (Phi) is 23.2. The summed E-state index contributed by atoms with van der Waals surface area (Å²) in [5.41, 5.74) is 12.4. The summed E-state index contributed by atoms with van der Waals surface area (Å²) in [5, 5.41) is 49.6. The summed E-state index contributed by atoms with van der Waals surface area (Å²) in [7, 11) is 0. The number of carbonyl (C=O) groups excluding carboxylic acids is 2. The molecule has 5 rings (SSSR count). The van der Waals surface area contributed by atoms with Gasteiger partial charge < -0.3 is 54.1 Å². The number of nitrogens with two attached hydrogens (primary N) is 2. The minimum absolute atomic E-state index is 0. The largest absolute Gasteiger partial charge is 1.00 e. The number of hydrogen-bond acceptors (Lipinski definition) is 14. The third kappa shape index (κ3) is 14.8. The number of anilines is 1. The standard InChI is InChI=1S/C18H39NO2.C12H14N2O2.C10H13N5O4.ClH/c1-2-3-4-5-6-7-8-9-10-11-12-13-14-15-18(21)17(19)16-20;1-2-12(9-4-7-13-8-5-9)6-3-10(15)14-11(12)16;11-8-5-9(13-2-12-8)15(3-14-5)10-7(18)6(17)4(1-16)19-10;/h17-18,20-21H,2-16,19H2,1H3;4-5,7-8H,2-3,6H2,1H3,(H,14,15,16);2-4,6-7,10,16-18H,1H2,(H2,11,12,13);1H/t17-,18-;;4-,6-,7-,10-;/m0.1./s1. The van der Waals surface area contributed by atoms with Crippen LogP contribution in [-0.2, 0) is 19.7 Å². The second-order valence-electron chi connectivity index (χ2n) is 14.8. The summed E-state index contributed by atoms with van der Waals surface area (Å²) in [6.07, 6.45) is 21.1. The molecule has 16 nitrogen and oxygen atoms in total. The number of imide groups is 1. The van der Waals surface area contributed by atoms with Gasteiger partial charge in [0.15, 0.2) is 17.7 Å². The minimum atomic E-state index is -1.19. The average molecular weight is 823 g/mol. The van der Waals surface area contributed by atoms with Crippen molar-refractivity contribution in [2.24, 2.45) is 5.73 Å². The molecule has 0 aromatic carbocycles. The number of rotatable bonds is 20. The number of hydrogen-bond donors (Lipinski definition) is 8. The van der Waals surface area contributed by atoms with Crippen LogP contribution in [0.5, 0.6) is 0 Å². The number of nitrogens with one attached hydrogen (secondary N) is 1. The van der Waals surface area contributed by atoms with Gasteiger partial charge in [-0.1, -0.05) is 97.3 Å². The molecule has 2 fully saturated rings. The van der Waals surface area contributed by atoms with Crippen molar-refractivity contribution < 1.29 is 53.7 Å². The van der Waals surface area contributed by atoms with Gasteiger partial charge in [-0.05, 0) is 37.0 Å². The van der Waals surface area contributed by atoms with Crippen LogP contribution in [0.25, 0.3) is 11.2 Å². The fraction of sp³-hybridized carbons (Fsp3) is 0.700. The fourth-order valence-corrected chi connectivity index (χ4v) is 7.11. The Balaban J connectivity index is 0.000000430. The molecule has 0 saturated carbocycles. The Morgan fingerprint density at radius 3 is 2.05 bits per heavy atom. The molecule has 1 unspecified atom stereocenters. The van der Waals surface area contributed by atoms with Gasteiger partial charge in [-0.2, -0.15) is 0 Å². The average Bonchev–Trinajstić information content (AvgIpc) is 3.77. The van der Waals surface area contributed by atoms with Gasteiger partial charge in [-0.25, -0.2) is 15.0 Å². The second-order valence-corrected chi connectivity index (χ2v) is 14.8. The number of pyridine rings is 1. The molecular weight excluding hydrogens is 756 g/mol. The third-order valence-electron chi connectivity index (χ3n) is 10.8. The first-order valence-electron chi connectivity index (χ1n) is 20.4. The van der Waals surface area contributed by atoms with Crippen LogP contribution in [0.15, 0.2) is 37.2 Å². The third-order valence-corrected chi connectivity index (χ3v) is 10.8. The molecule has 17 heteroatoms. The number of piperidine rings is 1. The van der Waals surface area contributed by atoms with E-state index in [0.717, 1.165) is 18.4 Å². The van der Waals surface area contributed by atoms with Crippen molar-refractivity contribution in [1.29, 1.82) is 0 Å². The Hall–Kier alpha value is -3.35. The van der Waals surface area contributed by atoms with E-state index in [4.69, 9.17) is 26.4 Å². The normalized spacial score (nSPS) is 22.7. The van der Waals surface area contributed by atoms with Gasteiger partial charge in [0.05, 0.1) is 37.1 Å². The number of ether oxygens (including phenoxy) is 1. The zero-order valence-corrected chi connectivity index (χ0v) is 34.3. The van der Waals surface area contributed by atoms with Crippen molar-refractivity contribution in [1.82, 2.24) is 29.8 Å². The number of aliphatic hydroxyl groups is 5. The van der Waals surface area contributed by atoms with Gasteiger partial charge >= 0.3 is 1.43 Å². The van der Waals surface area contributed by atoms with Gasteiger partial charge in [0.1, 0.15) is 30.2 Å². The summed E-state index contributed by atoms with van der Waals surface area (Å²) in [5.74, 6) is -0.143. The second kappa shape index (κ2) is 26.6.